The van der Waals surface area contributed by atoms with Gasteiger partial charge in [0.25, 0.3) is 0 Å². The molecule has 0 radical (unpaired) electrons. The number of carboxylic acids is 1. The van der Waals surface area contributed by atoms with E-state index in [0.29, 0.717) is 12.8 Å². The van der Waals surface area contributed by atoms with Crippen molar-refractivity contribution in [3.63, 3.8) is 0 Å². The Bertz CT molecular complexity index is 730. The van der Waals surface area contributed by atoms with Gasteiger partial charge in [-0.05, 0) is 43.2 Å². The first-order valence-corrected chi connectivity index (χ1v) is 9.27. The Labute approximate surface area is 154 Å². The van der Waals surface area contributed by atoms with E-state index in [2.05, 4.69) is 17.4 Å². The smallest absolute Gasteiger partial charge is 0.307 e. The number of benzene rings is 2. The van der Waals surface area contributed by atoms with Gasteiger partial charge in [0.1, 0.15) is 0 Å². The van der Waals surface area contributed by atoms with Crippen LogP contribution in [-0.4, -0.2) is 17.0 Å². The van der Waals surface area contributed by atoms with E-state index in [0.717, 1.165) is 24.8 Å². The molecule has 1 amide bonds. The van der Waals surface area contributed by atoms with Crippen molar-refractivity contribution in [1.29, 1.82) is 0 Å². The van der Waals surface area contributed by atoms with Gasteiger partial charge in [-0.2, -0.15) is 0 Å². The molecule has 0 bridgehead atoms. The van der Waals surface area contributed by atoms with Crippen LogP contribution in [0.1, 0.15) is 42.9 Å². The van der Waals surface area contributed by atoms with E-state index in [1.807, 2.05) is 48.5 Å². The Hall–Kier alpha value is -2.62. The zero-order valence-corrected chi connectivity index (χ0v) is 14.8. The summed E-state index contributed by atoms with van der Waals surface area (Å²) in [5.41, 5.74) is 2.36. The van der Waals surface area contributed by atoms with E-state index in [1.165, 1.54) is 5.56 Å². The minimum atomic E-state index is -0.864. The Morgan fingerprint density at radius 1 is 0.962 bits per heavy atom. The highest BCUT2D eigenvalue weighted by atomic mass is 16.4. The van der Waals surface area contributed by atoms with E-state index in [1.54, 1.807) is 0 Å². The predicted molar refractivity (Wildman–Crippen MR) is 101 cm³/mol. The lowest BCUT2D eigenvalue weighted by Crippen LogP contribution is -2.45. The highest BCUT2D eigenvalue weighted by molar-refractivity contribution is 5.86. The molecule has 3 atom stereocenters. The molecule has 0 heterocycles. The van der Waals surface area contributed by atoms with Crippen molar-refractivity contribution >= 4 is 11.9 Å². The Kier molecular flexibility index (Phi) is 6.05. The first kappa shape index (κ1) is 18.2. The number of aryl methyl sites for hydroxylation is 1. The Morgan fingerprint density at radius 3 is 2.15 bits per heavy atom. The molecule has 0 spiro atoms. The molecule has 1 saturated carbocycles. The van der Waals surface area contributed by atoms with Crippen LogP contribution in [-0.2, 0) is 16.0 Å². The molecule has 2 aromatic rings. The molecular weight excluding hydrogens is 326 g/mol. The second-order valence-corrected chi connectivity index (χ2v) is 6.98. The van der Waals surface area contributed by atoms with Crippen molar-refractivity contribution in [3.8, 4) is 0 Å². The summed E-state index contributed by atoms with van der Waals surface area (Å²) >= 11 is 0. The predicted octanol–water partition coefficient (Wildman–Crippen LogP) is 3.98. The lowest BCUT2D eigenvalue weighted by atomic mass is 9.73. The fourth-order valence-electron chi connectivity index (χ4n) is 3.55. The SMILES string of the molecule is O=C(O)C1CCC1C(=O)NC(CCCc1ccccc1)c1ccccc1. The normalized spacial score (nSPS) is 20.0. The van der Waals surface area contributed by atoms with Crippen LogP contribution in [0.5, 0.6) is 0 Å². The maximum Gasteiger partial charge on any atom is 0.307 e. The molecule has 1 aliphatic rings. The molecule has 2 aromatic carbocycles. The summed E-state index contributed by atoms with van der Waals surface area (Å²) in [7, 11) is 0. The van der Waals surface area contributed by atoms with Crippen LogP contribution in [0.3, 0.4) is 0 Å². The number of rotatable bonds is 8. The Morgan fingerprint density at radius 2 is 1.58 bits per heavy atom. The molecule has 1 aliphatic carbocycles. The summed E-state index contributed by atoms with van der Waals surface area (Å²) < 4.78 is 0. The lowest BCUT2D eigenvalue weighted by Gasteiger charge is -2.33. The third-order valence-electron chi connectivity index (χ3n) is 5.25. The zero-order chi connectivity index (χ0) is 18.4. The van der Waals surface area contributed by atoms with E-state index in [-0.39, 0.29) is 11.9 Å². The van der Waals surface area contributed by atoms with Crippen LogP contribution in [0.25, 0.3) is 0 Å². The minimum absolute atomic E-state index is 0.0811. The van der Waals surface area contributed by atoms with E-state index >= 15 is 0 Å². The third kappa shape index (κ3) is 4.51. The number of aliphatic carboxylic acids is 1. The molecular formula is C22H25NO3. The number of hydrogen-bond donors (Lipinski definition) is 2. The van der Waals surface area contributed by atoms with Gasteiger partial charge >= 0.3 is 5.97 Å². The van der Waals surface area contributed by atoms with Crippen LogP contribution < -0.4 is 5.32 Å². The van der Waals surface area contributed by atoms with Crippen molar-refractivity contribution in [3.05, 3.63) is 71.8 Å². The van der Waals surface area contributed by atoms with Crippen LogP contribution in [0.2, 0.25) is 0 Å². The average molecular weight is 351 g/mol. The third-order valence-corrected chi connectivity index (χ3v) is 5.25. The molecule has 0 aromatic heterocycles. The minimum Gasteiger partial charge on any atom is -0.481 e. The van der Waals surface area contributed by atoms with E-state index in [4.69, 9.17) is 0 Å². The topological polar surface area (TPSA) is 66.4 Å². The van der Waals surface area contributed by atoms with E-state index < -0.39 is 17.8 Å². The molecule has 3 unspecified atom stereocenters. The molecule has 26 heavy (non-hydrogen) atoms. The zero-order valence-electron chi connectivity index (χ0n) is 14.8. The van der Waals surface area contributed by atoms with Crippen LogP contribution in [0, 0.1) is 11.8 Å². The number of carboxylic acid groups (broad SMARTS) is 1. The van der Waals surface area contributed by atoms with Gasteiger partial charge in [0.2, 0.25) is 5.91 Å². The number of carbonyl (C=O) groups is 2. The van der Waals surface area contributed by atoms with Crippen LogP contribution >= 0.6 is 0 Å². The molecule has 4 heteroatoms. The molecule has 136 valence electrons. The fraction of sp³-hybridized carbons (Fsp3) is 0.364. The standard InChI is InChI=1S/C22H25NO3/c24-21(18-14-15-19(18)22(25)26)23-20(17-11-5-2-6-12-17)13-7-10-16-8-3-1-4-9-16/h1-6,8-9,11-12,18-20H,7,10,13-15H2,(H,23,24)(H,25,26). The van der Waals surface area contributed by atoms with Crippen molar-refractivity contribution < 1.29 is 14.7 Å². The number of carbonyl (C=O) groups excluding carboxylic acids is 1. The van der Waals surface area contributed by atoms with E-state index in [9.17, 15) is 14.7 Å². The molecule has 0 aliphatic heterocycles. The van der Waals surface area contributed by atoms with Crippen molar-refractivity contribution in [2.75, 3.05) is 0 Å². The van der Waals surface area contributed by atoms with Gasteiger partial charge in [-0.1, -0.05) is 60.7 Å². The van der Waals surface area contributed by atoms with Crippen molar-refractivity contribution in [1.82, 2.24) is 5.32 Å². The number of nitrogens with one attached hydrogen (secondary N) is 1. The molecule has 0 saturated heterocycles. The summed E-state index contributed by atoms with van der Waals surface area (Å²) in [6, 6.07) is 20.2. The largest absolute Gasteiger partial charge is 0.481 e. The molecule has 2 N–H and O–H groups in total. The lowest BCUT2D eigenvalue weighted by molar-refractivity contribution is -0.153. The van der Waals surface area contributed by atoms with Crippen molar-refractivity contribution in [2.45, 2.75) is 38.1 Å². The number of hydrogen-bond acceptors (Lipinski definition) is 2. The van der Waals surface area contributed by atoms with Gasteiger partial charge in [0.05, 0.1) is 17.9 Å². The highest BCUT2D eigenvalue weighted by Crippen LogP contribution is 2.35. The first-order valence-electron chi connectivity index (χ1n) is 9.27. The van der Waals surface area contributed by atoms with Gasteiger partial charge in [-0.25, -0.2) is 0 Å². The maximum absolute atomic E-state index is 12.6. The average Bonchev–Trinajstić information content (AvgIpc) is 2.61. The molecule has 4 nitrogen and oxygen atoms in total. The summed E-state index contributed by atoms with van der Waals surface area (Å²) in [6.45, 7) is 0. The molecule has 1 fully saturated rings. The molecule has 3 rings (SSSR count). The quantitative estimate of drug-likeness (QED) is 0.756. The summed E-state index contributed by atoms with van der Waals surface area (Å²) in [5, 5.41) is 12.3. The van der Waals surface area contributed by atoms with Gasteiger partial charge in [0, 0.05) is 0 Å². The van der Waals surface area contributed by atoms with Crippen LogP contribution in [0.4, 0.5) is 0 Å². The summed E-state index contributed by atoms with van der Waals surface area (Å²) in [4.78, 5) is 23.8. The maximum atomic E-state index is 12.6. The second kappa shape index (κ2) is 8.65. The summed E-state index contributed by atoms with van der Waals surface area (Å²) in [5.74, 6) is -1.92. The number of amides is 1. The van der Waals surface area contributed by atoms with Gasteiger partial charge in [-0.3, -0.25) is 9.59 Å². The van der Waals surface area contributed by atoms with Gasteiger partial charge < -0.3 is 10.4 Å². The second-order valence-electron chi connectivity index (χ2n) is 6.98. The fourth-order valence-corrected chi connectivity index (χ4v) is 3.55. The van der Waals surface area contributed by atoms with Crippen LogP contribution in [0.15, 0.2) is 60.7 Å². The first-order chi connectivity index (χ1) is 12.6. The summed E-state index contributed by atoms with van der Waals surface area (Å²) in [6.07, 6.45) is 4.00. The van der Waals surface area contributed by atoms with Crippen molar-refractivity contribution in [2.24, 2.45) is 11.8 Å². The monoisotopic (exact) mass is 351 g/mol. The highest BCUT2D eigenvalue weighted by Gasteiger charge is 2.41. The Balaban J connectivity index is 1.62. The van der Waals surface area contributed by atoms with Gasteiger partial charge in [0.15, 0.2) is 0 Å². The van der Waals surface area contributed by atoms with Gasteiger partial charge in [-0.15, -0.1) is 0 Å².